The van der Waals surface area contributed by atoms with Crippen molar-refractivity contribution >= 4 is 17.2 Å². The lowest BCUT2D eigenvalue weighted by Crippen LogP contribution is -2.51. The van der Waals surface area contributed by atoms with Crippen molar-refractivity contribution in [3.63, 3.8) is 0 Å². The zero-order chi connectivity index (χ0) is 17.9. The molecule has 0 aliphatic carbocycles. The maximum absolute atomic E-state index is 13.3. The van der Waals surface area contributed by atoms with Gasteiger partial charge in [0.2, 0.25) is 0 Å². The SMILES string of the molecule is O=C(NC1CCN(C2CC(c3cccs3)NN2)CC1)c1cccc(F)c1. The molecule has 0 radical (unpaired) electrons. The number of carbonyl (C=O) groups is 1. The van der Waals surface area contributed by atoms with Gasteiger partial charge in [-0.1, -0.05) is 12.1 Å². The average molecular weight is 374 g/mol. The van der Waals surface area contributed by atoms with E-state index in [9.17, 15) is 9.18 Å². The number of rotatable bonds is 4. The fourth-order valence-corrected chi connectivity index (χ4v) is 4.50. The van der Waals surface area contributed by atoms with Crippen molar-refractivity contribution in [1.82, 2.24) is 21.1 Å². The Morgan fingerprint density at radius 3 is 2.77 bits per heavy atom. The Balaban J connectivity index is 1.26. The highest BCUT2D eigenvalue weighted by atomic mass is 32.1. The number of hydrogen-bond acceptors (Lipinski definition) is 5. The topological polar surface area (TPSA) is 56.4 Å². The lowest BCUT2D eigenvalue weighted by Gasteiger charge is -2.35. The number of piperidine rings is 1. The zero-order valence-electron chi connectivity index (χ0n) is 14.5. The summed E-state index contributed by atoms with van der Waals surface area (Å²) in [6, 6.07) is 10.6. The first-order chi connectivity index (χ1) is 12.7. The first-order valence-electron chi connectivity index (χ1n) is 9.04. The molecule has 2 atom stereocenters. The van der Waals surface area contributed by atoms with Crippen molar-refractivity contribution < 1.29 is 9.18 Å². The Labute approximate surface area is 156 Å². The van der Waals surface area contributed by atoms with Crippen molar-refractivity contribution in [3.8, 4) is 0 Å². The van der Waals surface area contributed by atoms with Gasteiger partial charge in [0.15, 0.2) is 0 Å². The van der Waals surface area contributed by atoms with Crippen LogP contribution < -0.4 is 16.2 Å². The van der Waals surface area contributed by atoms with Crippen LogP contribution in [-0.4, -0.2) is 36.1 Å². The van der Waals surface area contributed by atoms with Gasteiger partial charge in [0, 0.05) is 29.6 Å². The van der Waals surface area contributed by atoms with Gasteiger partial charge in [0.05, 0.1) is 12.2 Å². The molecule has 26 heavy (non-hydrogen) atoms. The lowest BCUT2D eigenvalue weighted by atomic mass is 10.0. The molecule has 0 bridgehead atoms. The minimum absolute atomic E-state index is 0.143. The monoisotopic (exact) mass is 374 g/mol. The van der Waals surface area contributed by atoms with Crippen LogP contribution in [0.3, 0.4) is 0 Å². The summed E-state index contributed by atoms with van der Waals surface area (Å²) in [6.07, 6.45) is 3.18. The van der Waals surface area contributed by atoms with Gasteiger partial charge in [-0.15, -0.1) is 11.3 Å². The number of amides is 1. The molecule has 5 nitrogen and oxygen atoms in total. The second kappa shape index (κ2) is 7.84. The van der Waals surface area contributed by atoms with Crippen LogP contribution in [0.2, 0.25) is 0 Å². The largest absolute Gasteiger partial charge is 0.349 e. The van der Waals surface area contributed by atoms with Gasteiger partial charge in [-0.25, -0.2) is 15.2 Å². The van der Waals surface area contributed by atoms with E-state index < -0.39 is 0 Å². The van der Waals surface area contributed by atoms with E-state index in [2.05, 4.69) is 38.6 Å². The minimum Gasteiger partial charge on any atom is -0.349 e. The predicted octanol–water partition coefficient (Wildman–Crippen LogP) is 2.65. The highest BCUT2D eigenvalue weighted by Gasteiger charge is 2.32. The molecule has 138 valence electrons. The van der Waals surface area contributed by atoms with E-state index in [-0.39, 0.29) is 17.8 Å². The van der Waals surface area contributed by atoms with Gasteiger partial charge in [0.1, 0.15) is 5.82 Å². The molecule has 2 aromatic rings. The number of halogens is 1. The second-order valence-corrected chi connectivity index (χ2v) is 7.88. The molecule has 1 aromatic heterocycles. The molecule has 2 unspecified atom stereocenters. The molecule has 2 fully saturated rings. The maximum Gasteiger partial charge on any atom is 0.251 e. The van der Waals surface area contributed by atoms with E-state index in [1.807, 2.05) is 0 Å². The Bertz CT molecular complexity index is 746. The number of carbonyl (C=O) groups excluding carboxylic acids is 1. The van der Waals surface area contributed by atoms with Crippen molar-refractivity contribution in [2.45, 2.75) is 37.5 Å². The minimum atomic E-state index is -0.382. The fourth-order valence-electron chi connectivity index (χ4n) is 3.71. The summed E-state index contributed by atoms with van der Waals surface area (Å²) in [7, 11) is 0. The van der Waals surface area contributed by atoms with Crippen LogP contribution in [-0.2, 0) is 0 Å². The first-order valence-corrected chi connectivity index (χ1v) is 9.92. The predicted molar refractivity (Wildman–Crippen MR) is 100 cm³/mol. The highest BCUT2D eigenvalue weighted by molar-refractivity contribution is 7.10. The number of thiophene rings is 1. The van der Waals surface area contributed by atoms with E-state index >= 15 is 0 Å². The van der Waals surface area contributed by atoms with Crippen LogP contribution in [0, 0.1) is 5.82 Å². The number of hydrogen-bond donors (Lipinski definition) is 3. The maximum atomic E-state index is 13.3. The molecule has 7 heteroatoms. The molecule has 4 rings (SSSR count). The summed E-state index contributed by atoms with van der Waals surface area (Å²) in [5.74, 6) is -0.575. The first kappa shape index (κ1) is 17.6. The third kappa shape index (κ3) is 3.96. The van der Waals surface area contributed by atoms with Gasteiger partial charge < -0.3 is 5.32 Å². The summed E-state index contributed by atoms with van der Waals surface area (Å²) >= 11 is 1.78. The van der Waals surface area contributed by atoms with Crippen molar-refractivity contribution in [2.24, 2.45) is 0 Å². The van der Waals surface area contributed by atoms with E-state index in [1.165, 1.54) is 17.0 Å². The van der Waals surface area contributed by atoms with Crippen LogP contribution in [0.1, 0.15) is 40.5 Å². The number of benzene rings is 1. The average Bonchev–Trinajstić information content (AvgIpc) is 3.34. The number of hydrazine groups is 1. The Morgan fingerprint density at radius 1 is 1.19 bits per heavy atom. The molecule has 1 aromatic carbocycles. The van der Waals surface area contributed by atoms with E-state index in [4.69, 9.17) is 0 Å². The van der Waals surface area contributed by atoms with Crippen LogP contribution in [0.5, 0.6) is 0 Å². The molecule has 2 aliphatic rings. The quantitative estimate of drug-likeness (QED) is 0.770. The molecule has 3 N–H and O–H groups in total. The van der Waals surface area contributed by atoms with E-state index in [0.29, 0.717) is 17.8 Å². The van der Waals surface area contributed by atoms with Gasteiger partial charge in [-0.05, 0) is 48.9 Å². The Hall–Kier alpha value is -1.80. The number of likely N-dealkylation sites (tertiary alicyclic amines) is 1. The Morgan fingerprint density at radius 2 is 2.04 bits per heavy atom. The smallest absolute Gasteiger partial charge is 0.251 e. The van der Waals surface area contributed by atoms with Crippen LogP contribution >= 0.6 is 11.3 Å². The fraction of sp³-hybridized carbons (Fsp3) is 0.421. The number of nitrogens with one attached hydrogen (secondary N) is 3. The van der Waals surface area contributed by atoms with Gasteiger partial charge in [0.25, 0.3) is 5.91 Å². The molecule has 0 spiro atoms. The molecule has 1 amide bonds. The Kier molecular flexibility index (Phi) is 5.31. The van der Waals surface area contributed by atoms with Crippen molar-refractivity contribution in [2.75, 3.05) is 13.1 Å². The normalized spacial score (nSPS) is 24.7. The number of nitrogens with zero attached hydrogens (tertiary/aromatic N) is 1. The van der Waals surface area contributed by atoms with Crippen molar-refractivity contribution in [1.29, 1.82) is 0 Å². The summed E-state index contributed by atoms with van der Waals surface area (Å²) in [6.45, 7) is 1.87. The lowest BCUT2D eigenvalue weighted by molar-refractivity contribution is 0.0879. The third-order valence-corrected chi connectivity index (χ3v) is 6.15. The van der Waals surface area contributed by atoms with E-state index in [0.717, 1.165) is 32.4 Å². The molecule has 0 saturated carbocycles. The van der Waals surface area contributed by atoms with Gasteiger partial charge >= 0.3 is 0 Å². The third-order valence-electron chi connectivity index (χ3n) is 5.16. The van der Waals surface area contributed by atoms with Crippen molar-refractivity contribution in [3.05, 3.63) is 58.0 Å². The second-order valence-electron chi connectivity index (χ2n) is 6.90. The summed E-state index contributed by atoms with van der Waals surface area (Å²) in [4.78, 5) is 16.1. The standard InChI is InChI=1S/C19H23FN4OS/c20-14-4-1-3-13(11-14)19(25)21-15-6-8-24(9-7-15)18-12-16(22-23-18)17-5-2-10-26-17/h1-5,10-11,15-16,18,22-23H,6-9,12H2,(H,21,25). The zero-order valence-corrected chi connectivity index (χ0v) is 15.3. The van der Waals surface area contributed by atoms with Crippen LogP contribution in [0.25, 0.3) is 0 Å². The van der Waals surface area contributed by atoms with Crippen LogP contribution in [0.4, 0.5) is 4.39 Å². The molecular weight excluding hydrogens is 351 g/mol. The molecule has 3 heterocycles. The van der Waals surface area contributed by atoms with Crippen LogP contribution in [0.15, 0.2) is 41.8 Å². The summed E-state index contributed by atoms with van der Waals surface area (Å²) in [5.41, 5.74) is 7.18. The summed E-state index contributed by atoms with van der Waals surface area (Å²) in [5, 5.41) is 5.15. The summed E-state index contributed by atoms with van der Waals surface area (Å²) < 4.78 is 13.3. The van der Waals surface area contributed by atoms with E-state index in [1.54, 1.807) is 23.5 Å². The van der Waals surface area contributed by atoms with Gasteiger partial charge in [-0.3, -0.25) is 9.69 Å². The molecular formula is C19H23FN4OS. The highest BCUT2D eigenvalue weighted by Crippen LogP contribution is 2.28. The molecule has 2 aliphatic heterocycles. The molecule has 2 saturated heterocycles. The van der Waals surface area contributed by atoms with Gasteiger partial charge in [-0.2, -0.15) is 0 Å².